The molecule has 1 saturated heterocycles. The molecule has 0 unspecified atom stereocenters. The number of rotatable bonds is 2. The van der Waals surface area contributed by atoms with Crippen molar-refractivity contribution in [2.45, 2.75) is 20.8 Å². The second kappa shape index (κ2) is 6.28. The second-order valence-corrected chi connectivity index (χ2v) is 5.90. The van der Waals surface area contributed by atoms with Gasteiger partial charge < -0.3 is 0 Å². The average molecular weight is 320 g/mol. The maximum Gasteiger partial charge on any atom is 0.244 e. The highest BCUT2D eigenvalue weighted by Crippen LogP contribution is 2.24. The minimum Gasteiger partial charge on any atom is -0.273 e. The maximum absolute atomic E-state index is 11.9. The first-order valence-electron chi connectivity index (χ1n) is 7.81. The molecule has 0 aliphatic carbocycles. The van der Waals surface area contributed by atoms with Crippen molar-refractivity contribution in [1.82, 2.24) is 10.0 Å². The van der Waals surface area contributed by atoms with E-state index in [4.69, 9.17) is 0 Å². The molecule has 3 rings (SSSR count). The fraction of sp³-hybridized carbons (Fsp3) is 0.211. The lowest BCUT2D eigenvalue weighted by molar-refractivity contribution is -0.133. The largest absolute Gasteiger partial charge is 0.273 e. The zero-order valence-electron chi connectivity index (χ0n) is 14.3. The molecule has 0 bridgehead atoms. The fourth-order valence-electron chi connectivity index (χ4n) is 2.49. The third-order valence-electron chi connectivity index (χ3n) is 3.84. The van der Waals surface area contributed by atoms with Gasteiger partial charge in [-0.2, -0.15) is 5.01 Å². The quantitative estimate of drug-likeness (QED) is 0.845. The molecule has 0 aromatic heterocycles. The van der Waals surface area contributed by atoms with Gasteiger partial charge in [0.15, 0.2) is 5.84 Å². The third-order valence-corrected chi connectivity index (χ3v) is 3.84. The number of likely N-dealkylation sites (N-methyl/N-ethyl adjacent to an activating group) is 1. The minimum absolute atomic E-state index is 0.0915. The van der Waals surface area contributed by atoms with Crippen molar-refractivity contribution in [3.05, 3.63) is 59.7 Å². The van der Waals surface area contributed by atoms with Crippen molar-refractivity contribution < 1.29 is 4.79 Å². The van der Waals surface area contributed by atoms with Crippen LogP contribution >= 0.6 is 0 Å². The predicted molar refractivity (Wildman–Crippen MR) is 96.8 cm³/mol. The van der Waals surface area contributed by atoms with Gasteiger partial charge in [-0.1, -0.05) is 35.4 Å². The number of hydrogen-bond donors (Lipinski definition) is 0. The number of hydrogen-bond acceptors (Lipinski definition) is 3. The molecule has 122 valence electrons. The van der Waals surface area contributed by atoms with Crippen molar-refractivity contribution in [1.29, 1.82) is 0 Å². The molecule has 0 saturated carbocycles. The summed E-state index contributed by atoms with van der Waals surface area (Å²) in [7, 11) is 1.81. The summed E-state index contributed by atoms with van der Waals surface area (Å²) >= 11 is 0. The van der Waals surface area contributed by atoms with Gasteiger partial charge in [-0.15, -0.1) is 0 Å². The number of amidine groups is 2. The Balaban J connectivity index is 1.99. The van der Waals surface area contributed by atoms with Crippen LogP contribution in [0.25, 0.3) is 0 Å². The molecule has 5 nitrogen and oxygen atoms in total. The lowest BCUT2D eigenvalue weighted by Gasteiger charge is -2.43. The molecule has 24 heavy (non-hydrogen) atoms. The van der Waals surface area contributed by atoms with Gasteiger partial charge in [0.25, 0.3) is 0 Å². The Morgan fingerprint density at radius 1 is 0.792 bits per heavy atom. The van der Waals surface area contributed by atoms with E-state index in [1.165, 1.54) is 23.1 Å². The Hall–Kier alpha value is -2.95. The summed E-state index contributed by atoms with van der Waals surface area (Å²) in [6.07, 6.45) is 0. The Morgan fingerprint density at radius 3 is 1.62 bits per heavy atom. The molecule has 2 aromatic rings. The highest BCUT2D eigenvalue weighted by atomic mass is 16.2. The van der Waals surface area contributed by atoms with Gasteiger partial charge in [0, 0.05) is 14.0 Å². The van der Waals surface area contributed by atoms with Crippen molar-refractivity contribution >= 4 is 29.0 Å². The summed E-state index contributed by atoms with van der Waals surface area (Å²) < 4.78 is 0. The monoisotopic (exact) mass is 320 g/mol. The molecule has 0 N–H and O–H groups in total. The molecular formula is C19H20N4O. The first-order chi connectivity index (χ1) is 11.5. The van der Waals surface area contributed by atoms with Gasteiger partial charge in [0.2, 0.25) is 11.7 Å². The molecule has 0 atom stereocenters. The molecule has 2 aromatic carbocycles. The van der Waals surface area contributed by atoms with Gasteiger partial charge in [0.1, 0.15) is 0 Å². The standard InChI is InChI=1S/C19H20N4O/c1-13-5-9-16(10-6-13)20-18-19(23(15(3)24)22(18)4)21-17-11-7-14(2)8-12-17/h5-12H,1-4H3. The molecule has 1 fully saturated rings. The minimum atomic E-state index is -0.0915. The highest BCUT2D eigenvalue weighted by molar-refractivity contribution is 6.48. The van der Waals surface area contributed by atoms with E-state index in [0.29, 0.717) is 11.7 Å². The highest BCUT2D eigenvalue weighted by Gasteiger charge is 2.39. The van der Waals surface area contributed by atoms with Crippen LogP contribution in [0.5, 0.6) is 0 Å². The predicted octanol–water partition coefficient (Wildman–Crippen LogP) is 3.77. The van der Waals surface area contributed by atoms with Gasteiger partial charge in [0.05, 0.1) is 11.4 Å². The molecule has 0 radical (unpaired) electrons. The van der Waals surface area contributed by atoms with Crippen molar-refractivity contribution in [3.63, 3.8) is 0 Å². The van der Waals surface area contributed by atoms with Crippen LogP contribution < -0.4 is 0 Å². The van der Waals surface area contributed by atoms with Crippen LogP contribution in [0, 0.1) is 13.8 Å². The van der Waals surface area contributed by atoms with Crippen LogP contribution in [0.2, 0.25) is 0 Å². The normalized spacial score (nSPS) is 17.3. The lowest BCUT2D eigenvalue weighted by Crippen LogP contribution is -2.65. The summed E-state index contributed by atoms with van der Waals surface area (Å²) in [5, 5.41) is 3.24. The third kappa shape index (κ3) is 3.06. The van der Waals surface area contributed by atoms with Crippen LogP contribution in [0.3, 0.4) is 0 Å². The van der Waals surface area contributed by atoms with Gasteiger partial charge in [-0.3, -0.25) is 9.80 Å². The number of carbonyl (C=O) groups excluding carboxylic acids is 1. The molecule has 1 aliphatic rings. The topological polar surface area (TPSA) is 48.3 Å². The first kappa shape index (κ1) is 15.9. The lowest BCUT2D eigenvalue weighted by atomic mass is 10.2. The van der Waals surface area contributed by atoms with E-state index in [2.05, 4.69) is 9.98 Å². The number of nitrogens with zero attached hydrogens (tertiary/aromatic N) is 4. The second-order valence-electron chi connectivity index (χ2n) is 5.90. The summed E-state index contributed by atoms with van der Waals surface area (Å²) in [5.41, 5.74) is 3.98. The Labute approximate surface area is 141 Å². The summed E-state index contributed by atoms with van der Waals surface area (Å²) in [5.74, 6) is 1.15. The number of benzene rings is 2. The van der Waals surface area contributed by atoms with Gasteiger partial charge in [-0.05, 0) is 38.1 Å². The smallest absolute Gasteiger partial charge is 0.244 e. The van der Waals surface area contributed by atoms with Crippen LogP contribution in [0.15, 0.2) is 58.5 Å². The van der Waals surface area contributed by atoms with Gasteiger partial charge >= 0.3 is 0 Å². The SMILES string of the molecule is CC(=O)N1C(=Nc2ccc(C)cc2)C(=Nc2ccc(C)cc2)N1C. The van der Waals surface area contributed by atoms with E-state index < -0.39 is 0 Å². The number of hydrazine groups is 1. The summed E-state index contributed by atoms with van der Waals surface area (Å²) in [6, 6.07) is 15.8. The average Bonchev–Trinajstić information content (AvgIpc) is 2.55. The number of aliphatic imine (C=N–C) groups is 2. The fourth-order valence-corrected chi connectivity index (χ4v) is 2.49. The molecule has 5 heteroatoms. The van der Waals surface area contributed by atoms with Crippen molar-refractivity contribution in [2.75, 3.05) is 7.05 Å². The van der Waals surface area contributed by atoms with E-state index in [9.17, 15) is 4.79 Å². The molecule has 0 spiro atoms. The van der Waals surface area contributed by atoms with Gasteiger partial charge in [-0.25, -0.2) is 9.98 Å². The Bertz CT molecular complexity index is 819. The first-order valence-corrected chi connectivity index (χ1v) is 7.81. The number of amides is 1. The molecule has 1 amide bonds. The molecular weight excluding hydrogens is 300 g/mol. The summed E-state index contributed by atoms with van der Waals surface area (Å²) in [4.78, 5) is 21.1. The maximum atomic E-state index is 11.9. The molecule has 1 heterocycles. The van der Waals surface area contributed by atoms with E-state index in [0.717, 1.165) is 11.4 Å². The van der Waals surface area contributed by atoms with Crippen LogP contribution in [-0.2, 0) is 4.79 Å². The number of aryl methyl sites for hydroxylation is 2. The van der Waals surface area contributed by atoms with E-state index >= 15 is 0 Å². The van der Waals surface area contributed by atoms with E-state index in [-0.39, 0.29) is 5.91 Å². The van der Waals surface area contributed by atoms with Crippen molar-refractivity contribution in [2.24, 2.45) is 9.98 Å². The van der Waals surface area contributed by atoms with Crippen molar-refractivity contribution in [3.8, 4) is 0 Å². The Morgan fingerprint density at radius 2 is 1.21 bits per heavy atom. The van der Waals surface area contributed by atoms with E-state index in [1.807, 2.05) is 69.4 Å². The zero-order chi connectivity index (χ0) is 17.3. The van der Waals surface area contributed by atoms with Crippen LogP contribution in [0.4, 0.5) is 11.4 Å². The Kier molecular flexibility index (Phi) is 4.16. The zero-order valence-corrected chi connectivity index (χ0v) is 14.3. The molecule has 1 aliphatic heterocycles. The van der Waals surface area contributed by atoms with E-state index in [1.54, 1.807) is 5.01 Å². The summed E-state index contributed by atoms with van der Waals surface area (Å²) in [6.45, 7) is 5.58. The van der Waals surface area contributed by atoms with Crippen LogP contribution in [-0.4, -0.2) is 34.6 Å². The van der Waals surface area contributed by atoms with Crippen LogP contribution in [0.1, 0.15) is 18.1 Å². The number of carbonyl (C=O) groups is 1.